The topological polar surface area (TPSA) is 89.7 Å². The number of allylic oxidation sites excluding steroid dienone is 3. The molecule has 2 atom stereocenters. The minimum atomic E-state index is -0.448. The Morgan fingerprint density at radius 2 is 1.66 bits per heavy atom. The van der Waals surface area contributed by atoms with E-state index >= 15 is 0 Å². The predicted molar refractivity (Wildman–Crippen MR) is 154 cm³/mol. The van der Waals surface area contributed by atoms with Gasteiger partial charge < -0.3 is 15.4 Å². The normalized spacial score (nSPS) is 15.7. The van der Waals surface area contributed by atoms with Crippen molar-refractivity contribution in [2.24, 2.45) is 17.6 Å². The van der Waals surface area contributed by atoms with Gasteiger partial charge in [0.2, 0.25) is 5.91 Å². The molecule has 6 nitrogen and oxygen atoms in total. The molecule has 0 fully saturated rings. The van der Waals surface area contributed by atoms with Gasteiger partial charge in [0.1, 0.15) is 0 Å². The fourth-order valence-electron chi connectivity index (χ4n) is 4.53. The van der Waals surface area contributed by atoms with Crippen LogP contribution in [0.4, 0.5) is 0 Å². The lowest BCUT2D eigenvalue weighted by molar-refractivity contribution is -0.140. The molecule has 204 valence electrons. The lowest BCUT2D eigenvalue weighted by Gasteiger charge is -2.23. The van der Waals surface area contributed by atoms with Gasteiger partial charge in [0.05, 0.1) is 13.0 Å². The third-order valence-electron chi connectivity index (χ3n) is 6.93. The summed E-state index contributed by atoms with van der Waals surface area (Å²) in [5, 5.41) is 0. The van der Waals surface area contributed by atoms with Crippen molar-refractivity contribution < 1.29 is 19.1 Å². The number of hydrogen-bond acceptors (Lipinski definition) is 5. The smallest absolute Gasteiger partial charge is 0.305 e. The number of rotatable bonds is 9. The first-order valence-corrected chi connectivity index (χ1v) is 13.0. The predicted octanol–water partition coefficient (Wildman–Crippen LogP) is 5.21. The summed E-state index contributed by atoms with van der Waals surface area (Å²) in [6.07, 6.45) is 5.56. The van der Waals surface area contributed by atoms with Crippen LogP contribution in [0.15, 0.2) is 65.8 Å². The molecule has 0 radical (unpaired) electrons. The van der Waals surface area contributed by atoms with E-state index in [1.54, 1.807) is 13.0 Å². The molecule has 38 heavy (non-hydrogen) atoms. The quantitative estimate of drug-likeness (QED) is 0.461. The first-order chi connectivity index (χ1) is 17.9. The maximum absolute atomic E-state index is 11.9. The number of carbonyl (C=O) groups excluding carboxylic acids is 3. The summed E-state index contributed by atoms with van der Waals surface area (Å²) < 4.78 is 4.69. The first-order valence-electron chi connectivity index (χ1n) is 13.0. The standard InChI is InChI=1S/C18H20O2.C14H22N2O2/c1-13-6-4-7-14(2)18(13)16-9-5-8-15(12-16)10-11-17(19)20-3;1-9-7-13(17)12(10(2)14(15)18)8-11(9)5-6-16(3)4/h4-9,12H,10-11H2,1-3H3;7-8,10,12H,5-6H2,1-4H3,(H2,15,18). The average Bonchev–Trinajstić information content (AvgIpc) is 2.86. The Bertz CT molecular complexity index is 1190. The molecule has 2 N–H and O–H groups in total. The highest BCUT2D eigenvalue weighted by Crippen LogP contribution is 2.29. The van der Waals surface area contributed by atoms with Crippen LogP contribution in [0.25, 0.3) is 11.1 Å². The van der Waals surface area contributed by atoms with E-state index in [-0.39, 0.29) is 11.8 Å². The molecular weight excluding hydrogens is 476 g/mol. The SMILES string of the molecule is CC1=CC(=O)C(C(C)C(N)=O)C=C1CCN(C)C.COC(=O)CCc1cccc(-c2c(C)cccc2C)c1. The van der Waals surface area contributed by atoms with E-state index in [1.165, 1.54) is 29.4 Å². The van der Waals surface area contributed by atoms with Crippen LogP contribution in [0.1, 0.15) is 43.4 Å². The Hall–Kier alpha value is -3.51. The Balaban J connectivity index is 0.000000269. The van der Waals surface area contributed by atoms with Gasteiger partial charge in [-0.2, -0.15) is 0 Å². The zero-order chi connectivity index (χ0) is 28.4. The number of primary amides is 1. The summed E-state index contributed by atoms with van der Waals surface area (Å²) >= 11 is 0. The molecule has 1 aliphatic rings. The number of benzene rings is 2. The van der Waals surface area contributed by atoms with E-state index in [0.717, 1.165) is 29.7 Å². The number of nitrogens with two attached hydrogens (primary N) is 1. The number of methoxy groups -OCH3 is 1. The second-order valence-corrected chi connectivity index (χ2v) is 10.2. The fourth-order valence-corrected chi connectivity index (χ4v) is 4.53. The van der Waals surface area contributed by atoms with Gasteiger partial charge in [0, 0.05) is 18.9 Å². The van der Waals surface area contributed by atoms with Crippen molar-refractivity contribution in [1.82, 2.24) is 4.90 Å². The van der Waals surface area contributed by atoms with E-state index in [1.807, 2.05) is 33.2 Å². The summed E-state index contributed by atoms with van der Waals surface area (Å²) in [4.78, 5) is 36.4. The number of aryl methyl sites for hydroxylation is 3. The minimum absolute atomic E-state index is 0.0209. The van der Waals surface area contributed by atoms with Crippen LogP contribution in [0.3, 0.4) is 0 Å². The van der Waals surface area contributed by atoms with Gasteiger partial charge >= 0.3 is 5.97 Å². The maximum Gasteiger partial charge on any atom is 0.305 e. The fraction of sp³-hybridized carbons (Fsp3) is 0.406. The molecule has 0 aromatic heterocycles. The average molecular weight is 519 g/mol. The molecule has 1 aliphatic carbocycles. The van der Waals surface area contributed by atoms with Crippen LogP contribution < -0.4 is 5.73 Å². The largest absolute Gasteiger partial charge is 0.469 e. The Kier molecular flexibility index (Phi) is 11.7. The third-order valence-corrected chi connectivity index (χ3v) is 6.93. The van der Waals surface area contributed by atoms with E-state index < -0.39 is 17.7 Å². The molecule has 1 amide bonds. The van der Waals surface area contributed by atoms with Crippen molar-refractivity contribution in [2.45, 2.75) is 47.0 Å². The lowest BCUT2D eigenvalue weighted by Crippen LogP contribution is -2.32. The number of esters is 1. The molecule has 2 aromatic carbocycles. The number of amides is 1. The molecule has 0 heterocycles. The van der Waals surface area contributed by atoms with Crippen molar-refractivity contribution in [3.05, 3.63) is 82.5 Å². The molecule has 0 saturated heterocycles. The van der Waals surface area contributed by atoms with E-state index in [2.05, 4.69) is 59.9 Å². The minimum Gasteiger partial charge on any atom is -0.469 e. The van der Waals surface area contributed by atoms with Crippen LogP contribution in [0, 0.1) is 25.7 Å². The van der Waals surface area contributed by atoms with Gasteiger partial charge in [0.25, 0.3) is 0 Å². The monoisotopic (exact) mass is 518 g/mol. The number of ether oxygens (including phenoxy) is 1. The van der Waals surface area contributed by atoms with Crippen molar-refractivity contribution in [3.63, 3.8) is 0 Å². The second-order valence-electron chi connectivity index (χ2n) is 10.2. The van der Waals surface area contributed by atoms with E-state index in [4.69, 9.17) is 5.73 Å². The number of ketones is 1. The highest BCUT2D eigenvalue weighted by molar-refractivity contribution is 5.98. The highest BCUT2D eigenvalue weighted by Gasteiger charge is 2.29. The summed E-state index contributed by atoms with van der Waals surface area (Å²) in [5.74, 6) is -1.46. The van der Waals surface area contributed by atoms with Crippen LogP contribution in [0.5, 0.6) is 0 Å². The Labute approximate surface area is 227 Å². The zero-order valence-corrected chi connectivity index (χ0v) is 23.8. The lowest BCUT2D eigenvalue weighted by atomic mass is 9.81. The summed E-state index contributed by atoms with van der Waals surface area (Å²) in [6, 6.07) is 14.7. The van der Waals surface area contributed by atoms with Crippen molar-refractivity contribution in [3.8, 4) is 11.1 Å². The molecule has 0 bridgehead atoms. The molecule has 0 saturated carbocycles. The van der Waals surface area contributed by atoms with Gasteiger partial charge in [-0.05, 0) is 92.7 Å². The summed E-state index contributed by atoms with van der Waals surface area (Å²) in [5.41, 5.74) is 13.6. The van der Waals surface area contributed by atoms with Crippen molar-refractivity contribution in [2.75, 3.05) is 27.7 Å². The van der Waals surface area contributed by atoms with Gasteiger partial charge in [-0.1, -0.05) is 55.5 Å². The highest BCUT2D eigenvalue weighted by atomic mass is 16.5. The number of hydrogen-bond donors (Lipinski definition) is 1. The third kappa shape index (κ3) is 8.80. The van der Waals surface area contributed by atoms with Crippen LogP contribution >= 0.6 is 0 Å². The summed E-state index contributed by atoms with van der Waals surface area (Å²) in [6.45, 7) is 8.82. The molecule has 2 aromatic rings. The van der Waals surface area contributed by atoms with E-state index in [0.29, 0.717) is 12.8 Å². The number of carbonyl (C=O) groups is 3. The van der Waals surface area contributed by atoms with Crippen LogP contribution in [-0.4, -0.2) is 50.3 Å². The van der Waals surface area contributed by atoms with Gasteiger partial charge in [-0.3, -0.25) is 14.4 Å². The summed E-state index contributed by atoms with van der Waals surface area (Å²) in [7, 11) is 5.45. The Morgan fingerprint density at radius 3 is 2.24 bits per heavy atom. The molecule has 6 heteroatoms. The van der Waals surface area contributed by atoms with Crippen molar-refractivity contribution in [1.29, 1.82) is 0 Å². The van der Waals surface area contributed by atoms with Crippen LogP contribution in [0.2, 0.25) is 0 Å². The number of nitrogens with zero attached hydrogens (tertiary/aromatic N) is 1. The van der Waals surface area contributed by atoms with Crippen LogP contribution in [-0.2, 0) is 25.5 Å². The maximum atomic E-state index is 11.9. The van der Waals surface area contributed by atoms with Crippen molar-refractivity contribution >= 4 is 17.7 Å². The van der Waals surface area contributed by atoms with Gasteiger partial charge in [0.15, 0.2) is 5.78 Å². The zero-order valence-electron chi connectivity index (χ0n) is 23.8. The Morgan fingerprint density at radius 1 is 1.03 bits per heavy atom. The molecule has 2 unspecified atom stereocenters. The second kappa shape index (κ2) is 14.4. The molecule has 0 spiro atoms. The van der Waals surface area contributed by atoms with Gasteiger partial charge in [-0.15, -0.1) is 0 Å². The van der Waals surface area contributed by atoms with E-state index in [9.17, 15) is 14.4 Å². The molecular formula is C32H42N2O4. The first kappa shape index (κ1) is 30.7. The van der Waals surface area contributed by atoms with Gasteiger partial charge in [-0.25, -0.2) is 0 Å². The molecule has 3 rings (SSSR count). The molecule has 0 aliphatic heterocycles.